The molecule has 5 aliphatic rings. The minimum atomic E-state index is -1.28. The van der Waals surface area contributed by atoms with Gasteiger partial charge >= 0.3 is 0 Å². The van der Waals surface area contributed by atoms with Crippen LogP contribution in [0.1, 0.15) is 159 Å². The number of unbranched alkanes of at least 4 members (excludes halogenated alkanes) is 3. The van der Waals surface area contributed by atoms with Gasteiger partial charge in [-0.15, -0.1) is 65.9 Å². The van der Waals surface area contributed by atoms with Crippen LogP contribution < -0.4 is 27.8 Å². The number of thioether (sulfide) groups is 5. The van der Waals surface area contributed by atoms with Crippen LogP contribution in [0.2, 0.25) is 0 Å². The first-order chi connectivity index (χ1) is 65.6. The summed E-state index contributed by atoms with van der Waals surface area (Å²) in [4.78, 5) is 119. The number of nitrogens with one attached hydrogen (secondary N) is 5. The summed E-state index contributed by atoms with van der Waals surface area (Å²) in [7, 11) is 0. The topological polar surface area (TPSA) is 566 Å². The molecule has 0 bridgehead atoms. The zero-order chi connectivity index (χ0) is 103. The van der Waals surface area contributed by atoms with Crippen LogP contribution in [-0.2, 0) is 23.7 Å². The Bertz CT molecular complexity index is 6550. The van der Waals surface area contributed by atoms with Crippen molar-refractivity contribution in [1.29, 1.82) is 0 Å². The minimum Gasteiger partial charge on any atom is -0.388 e. The lowest BCUT2D eigenvalue weighted by molar-refractivity contribution is -0.0400. The Kier molecular flexibility index (Phi) is 39.8. The third-order valence-corrected chi connectivity index (χ3v) is 35.9. The molecule has 0 saturated carbocycles. The third kappa shape index (κ3) is 28.3. The van der Waals surface area contributed by atoms with E-state index in [4.69, 9.17) is 23.7 Å². The molecule has 0 spiro atoms. The van der Waals surface area contributed by atoms with Gasteiger partial charge in [0.15, 0.2) is 113 Å². The van der Waals surface area contributed by atoms with Gasteiger partial charge < -0.3 is 99.7 Å². The predicted octanol–water partition coefficient (Wildman–Crippen LogP) is 8.24. The van der Waals surface area contributed by atoms with Crippen molar-refractivity contribution in [3.63, 3.8) is 0 Å². The molecule has 50 heteroatoms. The number of rotatable bonds is 35. The molecule has 10 aromatic rings. The second kappa shape index (κ2) is 48.6. The van der Waals surface area contributed by atoms with E-state index >= 15 is 0 Å². The highest BCUT2D eigenvalue weighted by Gasteiger charge is 2.51. The fourth-order valence-corrected chi connectivity index (χ4v) is 25.6. The Labute approximate surface area is 836 Å². The zero-order valence-electron chi connectivity index (χ0n) is 83.8. The van der Waals surface area contributed by atoms with E-state index in [2.05, 4.69) is 194 Å². The van der Waals surface area contributed by atoms with E-state index in [1.807, 2.05) is 13.2 Å². The van der Waals surface area contributed by atoms with Gasteiger partial charge in [0.05, 0.1) is 30.5 Å². The zero-order valence-corrected chi connectivity index (χ0v) is 92.3. The molecule has 0 unspecified atom stereocenters. The molecular weight excluding hydrogens is 2000 g/mol. The van der Waals surface area contributed by atoms with E-state index in [1.165, 1.54) is 58.8 Å². The van der Waals surface area contributed by atoms with Crippen molar-refractivity contribution in [2.45, 2.75) is 281 Å². The van der Waals surface area contributed by atoms with Gasteiger partial charge in [-0.3, -0.25) is 46.8 Å². The Morgan fingerprint density at radius 2 is 0.500 bits per heavy atom. The molecule has 15 N–H and O–H groups in total. The van der Waals surface area contributed by atoms with Gasteiger partial charge in [-0.25, -0.2) is 49.8 Å². The average Bonchev–Trinajstić information content (AvgIpc) is 1.62. The van der Waals surface area contributed by atoms with Crippen molar-refractivity contribution >= 4 is 181 Å². The first-order valence-electron chi connectivity index (χ1n) is 47.0. The summed E-state index contributed by atoms with van der Waals surface area (Å²) in [6, 6.07) is 0. The van der Waals surface area contributed by atoms with Gasteiger partial charge in [-0.05, 0) is 195 Å². The highest BCUT2D eigenvalue weighted by atomic mass is 32.2. The summed E-state index contributed by atoms with van der Waals surface area (Å²) in [6.45, 7) is 31.7. The Morgan fingerprint density at radius 3 is 0.707 bits per heavy atom. The fourth-order valence-electron chi connectivity index (χ4n) is 16.5. The first kappa shape index (κ1) is 115. The van der Waals surface area contributed by atoms with E-state index < -0.39 is 157 Å². The Balaban J connectivity index is 0.000000168. The van der Waals surface area contributed by atoms with Crippen molar-refractivity contribution in [3.8, 4) is 0 Å². The van der Waals surface area contributed by atoms with Crippen molar-refractivity contribution in [3.05, 3.63) is 80.9 Å². The monoisotopic (exact) mass is 2140 g/mol. The van der Waals surface area contributed by atoms with Gasteiger partial charge in [0.25, 0.3) is 27.8 Å². The van der Waals surface area contributed by atoms with Crippen molar-refractivity contribution in [2.24, 2.45) is 0 Å². The first-order valence-corrected chi connectivity index (χ1v) is 67.5. The second-order valence-corrected chi connectivity index (χ2v) is 66.4. The maximum atomic E-state index is 12.4. The van der Waals surface area contributed by atoms with E-state index in [9.17, 15) is 75.0 Å². The van der Waals surface area contributed by atoms with Crippen LogP contribution >= 0.6 is 93.2 Å². The molecular formula is C90H145N20O20P5S5. The van der Waals surface area contributed by atoms with E-state index in [0.29, 0.717) is 115 Å². The van der Waals surface area contributed by atoms with Crippen molar-refractivity contribution < 1.29 is 74.7 Å². The van der Waals surface area contributed by atoms with Crippen LogP contribution in [0.25, 0.3) is 55.8 Å². The van der Waals surface area contributed by atoms with E-state index in [1.54, 1.807) is 57.5 Å². The molecule has 40 nitrogen and oxygen atoms in total. The number of aryl methyl sites for hydroxylation is 5. The molecule has 0 aromatic carbocycles. The molecule has 0 aliphatic carbocycles. The summed E-state index contributed by atoms with van der Waals surface area (Å²) >= 11 is 7.26. The number of aliphatic hydroxyl groups is 10. The predicted molar refractivity (Wildman–Crippen MR) is 576 cm³/mol. The molecule has 5 saturated heterocycles. The molecule has 5 aliphatic heterocycles. The number of aliphatic hydroxyl groups excluding tert-OH is 10. The third-order valence-electron chi connectivity index (χ3n) is 23.8. The number of hydrogen-bond donors (Lipinski definition) is 15. The molecule has 15 rings (SSSR count). The van der Waals surface area contributed by atoms with Crippen molar-refractivity contribution in [1.82, 2.24) is 97.6 Å². The molecule has 10 aromatic heterocycles. The SMILES string of the molecule is C=P(C)(C)CC[C@H]1O[C@@H](n2c(SC)nc3c(=O)[nH]c(C)nc32)[C@H](O)[C@@H]1O.C=P(C)(C)CC[C@H]1O[C@@H](n2c(SCC)nc3c(=O)[nH]c(C)nc32)[C@H](O)[C@@H]1O.C=P(C)(C)CC[C@H]1O[C@@H](n2c(SCCC)nc3c(=O)[nH]c(C)nc32)[C@H](O)[C@@H]1O.C=P(C)(C)CC[C@H]1O[C@@H](n2c(SCCCC)nc3c(=O)[nH]c(C)nc32)[C@H](O)[C@@H]1O.C=P(C)(C)CC[C@H]1O[C@@H](n2c(SCCCCC)nc3c(=O)[nH]c(C)nc32)[C@H](O)[C@@H]1O. The maximum absolute atomic E-state index is 12.4. The number of imidazole rings is 5. The molecule has 0 amide bonds. The molecule has 5 fully saturated rings. The van der Waals surface area contributed by atoms with E-state index in [-0.39, 0.29) is 55.4 Å². The Hall–Kier alpha value is -5.60. The lowest BCUT2D eigenvalue weighted by Gasteiger charge is -2.20. The molecule has 140 heavy (non-hydrogen) atoms. The summed E-state index contributed by atoms with van der Waals surface area (Å²) in [5.41, 5.74) is 1.21. The van der Waals surface area contributed by atoms with Gasteiger partial charge in [-0.2, -0.15) is 0 Å². The van der Waals surface area contributed by atoms with Crippen LogP contribution in [0.15, 0.2) is 49.8 Å². The highest BCUT2D eigenvalue weighted by Crippen LogP contribution is 2.48. The Morgan fingerprint density at radius 1 is 0.293 bits per heavy atom. The lowest BCUT2D eigenvalue weighted by atomic mass is 10.1. The summed E-state index contributed by atoms with van der Waals surface area (Å²) in [6.07, 6.45) is 19.0. The summed E-state index contributed by atoms with van der Waals surface area (Å²) in [5, 5.41) is 109. The molecule has 20 atom stereocenters. The number of nitrogens with zero attached hydrogens (tertiary/aromatic N) is 15. The number of fused-ring (bicyclic) bond motifs is 5. The van der Waals surface area contributed by atoms with Crippen LogP contribution in [0.4, 0.5) is 0 Å². The van der Waals surface area contributed by atoms with Gasteiger partial charge in [0.2, 0.25) is 0 Å². The normalized spacial score (nSPS) is 25.6. The summed E-state index contributed by atoms with van der Waals surface area (Å²) < 4.78 is 38.7. The quantitative estimate of drug-likeness (QED) is 0.0101. The molecule has 15 heterocycles. The van der Waals surface area contributed by atoms with Gasteiger partial charge in [-0.1, -0.05) is 106 Å². The number of H-pyrrole nitrogens is 5. The van der Waals surface area contributed by atoms with Crippen molar-refractivity contribution in [2.75, 3.05) is 127 Å². The highest BCUT2D eigenvalue weighted by molar-refractivity contribution is 8.00. The van der Waals surface area contributed by atoms with Crippen LogP contribution in [0.5, 0.6) is 0 Å². The lowest BCUT2D eigenvalue weighted by Crippen LogP contribution is -2.32. The number of aromatic amines is 5. The number of aromatic nitrogens is 20. The summed E-state index contributed by atoms with van der Waals surface area (Å²) in [5.74, 6) is 5.48. The van der Waals surface area contributed by atoms with E-state index in [0.717, 1.165) is 92.3 Å². The number of hydrogen-bond acceptors (Lipinski definition) is 35. The van der Waals surface area contributed by atoms with Crippen LogP contribution in [-0.4, -0.2) is 398 Å². The largest absolute Gasteiger partial charge is 0.388 e. The van der Waals surface area contributed by atoms with Crippen LogP contribution in [0.3, 0.4) is 0 Å². The molecule has 0 radical (unpaired) electrons. The molecule has 780 valence electrons. The average molecular weight is 2140 g/mol. The van der Waals surface area contributed by atoms with Gasteiger partial charge in [0, 0.05) is 17.3 Å². The smallest absolute Gasteiger partial charge is 0.279 e. The number of ether oxygens (including phenoxy) is 5. The van der Waals surface area contributed by atoms with Crippen LogP contribution in [0, 0.1) is 34.6 Å². The van der Waals surface area contributed by atoms with Gasteiger partial charge in [0.1, 0.15) is 90.2 Å². The minimum absolute atomic E-state index is 0.193. The fraction of sp³-hybridized carbons (Fsp3) is 0.667. The maximum Gasteiger partial charge on any atom is 0.279 e. The standard InChI is InChI=1S/C20H33N4O4PS.C19H31N4O4PS.C18H29N4O4PS.C17H27N4O4PS.C16H25N4O4PS/c1-6-7-8-11-30-20-23-14-17(21-12(2)22-18(14)27)24(20)19-16(26)15(25)13(28-19)9-10-29(3,4)5;1-6-7-10-29-19-22-13-16(20-11(2)21-17(13)26)23(19)18-15(25)14(24)12(27-18)8-9-28(3,4)5;1-6-9-28-18-21-12-15(19-10(2)20-16(12)25)22(18)17-14(24)13(23)11(26-17)7-8-27(3,4)5;1-6-27-17-20-11-14(18-9(2)19-15(11)24)21(17)16-13(23)12(22)10(25-16)7-8-26(3,4)5;1-8-17-13-10(14(23)18-8)19-16(26-5)20(13)15-12(22)11(21)9(24-15)6-7-25(2,3)4/h13,15-16,19,25-26H,3,6-11H2,1-2,4-5H3,(H,21,22,27);12,14-15,18,24-25H,3,6-10H2,1-2,4-5H3,(H,20,21,26);11,13-14,17,23-24H,3,6-9H2,1-2,4-5H3,(H,19,20,25);10,12-13,16,22-23H,3,6-8H2,1-2,4-5H3,(H,18,19,24);9,11-12,15,21-22H,2,6-7H2,1,3-5H3,(H,17,18,23)/t13-,15-,16-,19-;12-,14-,15-,18-;11-,13-,14-,17-;10-,12-,13-,16-;9-,11-,12-,15-/m11111/s1. The second-order valence-electron chi connectivity index (χ2n) is 39.7.